The molecule has 0 radical (unpaired) electrons. The molecule has 3 aromatic carbocycles. The van der Waals surface area contributed by atoms with Crippen molar-refractivity contribution in [3.05, 3.63) is 82.9 Å². The van der Waals surface area contributed by atoms with E-state index in [-0.39, 0.29) is 21.9 Å². The number of alkyl halides is 3. The number of hydrogen-bond donors (Lipinski definition) is 2. The fourth-order valence-corrected chi connectivity index (χ4v) is 4.09. The Hall–Kier alpha value is -3.24. The lowest BCUT2D eigenvalue weighted by molar-refractivity contribution is -0.136. The summed E-state index contributed by atoms with van der Waals surface area (Å²) in [7, 11) is -3.11. The third-order valence-corrected chi connectivity index (χ3v) is 5.89. The number of carbonyl (C=O) groups excluding carboxylic acids is 1. The number of rotatable bonds is 6. The fourth-order valence-electron chi connectivity index (χ4n) is 2.80. The van der Waals surface area contributed by atoms with Crippen LogP contribution in [0.3, 0.4) is 0 Å². The van der Waals surface area contributed by atoms with Crippen molar-refractivity contribution in [3.8, 4) is 5.75 Å². The van der Waals surface area contributed by atoms with Crippen LogP contribution < -0.4 is 14.8 Å². The highest BCUT2D eigenvalue weighted by Gasteiger charge is 2.34. The van der Waals surface area contributed by atoms with Crippen LogP contribution >= 0.6 is 11.6 Å². The zero-order valence-electron chi connectivity index (χ0n) is 16.4. The summed E-state index contributed by atoms with van der Waals surface area (Å²) in [6.45, 7) is 0. The van der Waals surface area contributed by atoms with Crippen LogP contribution in [0.2, 0.25) is 5.02 Å². The molecule has 168 valence electrons. The molecule has 0 aliphatic heterocycles. The molecule has 0 spiro atoms. The largest absolute Gasteiger partial charge is 0.495 e. The van der Waals surface area contributed by atoms with Gasteiger partial charge in [-0.3, -0.25) is 9.52 Å². The van der Waals surface area contributed by atoms with Crippen molar-refractivity contribution in [1.29, 1.82) is 0 Å². The first kappa shape index (κ1) is 23.4. The van der Waals surface area contributed by atoms with Crippen molar-refractivity contribution in [3.63, 3.8) is 0 Å². The van der Waals surface area contributed by atoms with Gasteiger partial charge < -0.3 is 10.1 Å². The van der Waals surface area contributed by atoms with E-state index in [0.717, 1.165) is 30.3 Å². The maximum atomic E-state index is 13.2. The molecule has 0 aliphatic rings. The van der Waals surface area contributed by atoms with E-state index < -0.39 is 33.4 Å². The van der Waals surface area contributed by atoms with E-state index in [1.54, 1.807) is 12.1 Å². The van der Waals surface area contributed by atoms with Crippen molar-refractivity contribution in [2.24, 2.45) is 0 Å². The number of anilines is 2. The van der Waals surface area contributed by atoms with Gasteiger partial charge >= 0.3 is 6.18 Å². The highest BCUT2D eigenvalue weighted by Crippen LogP contribution is 2.36. The van der Waals surface area contributed by atoms with Gasteiger partial charge in [0.2, 0.25) is 0 Å². The van der Waals surface area contributed by atoms with E-state index in [0.29, 0.717) is 5.02 Å². The smallest absolute Gasteiger partial charge is 0.418 e. The molecule has 0 atom stereocenters. The summed E-state index contributed by atoms with van der Waals surface area (Å²) in [6, 6.07) is 13.8. The molecule has 0 aliphatic carbocycles. The molecule has 0 saturated heterocycles. The predicted molar refractivity (Wildman–Crippen MR) is 115 cm³/mol. The number of benzene rings is 3. The quantitative estimate of drug-likeness (QED) is 0.489. The highest BCUT2D eigenvalue weighted by molar-refractivity contribution is 7.92. The average molecular weight is 485 g/mol. The molecule has 0 bridgehead atoms. The van der Waals surface area contributed by atoms with Crippen LogP contribution in [0.15, 0.2) is 71.6 Å². The molecule has 0 fully saturated rings. The van der Waals surface area contributed by atoms with Crippen molar-refractivity contribution in [1.82, 2.24) is 0 Å². The fraction of sp³-hybridized carbons (Fsp3) is 0.0952. The third kappa shape index (κ3) is 5.32. The number of para-hydroxylation sites is 1. The molecular weight excluding hydrogens is 469 g/mol. The lowest BCUT2D eigenvalue weighted by Gasteiger charge is -2.16. The van der Waals surface area contributed by atoms with Gasteiger partial charge in [-0.2, -0.15) is 13.2 Å². The number of ether oxygens (including phenoxy) is 1. The van der Waals surface area contributed by atoms with Crippen LogP contribution in [0.25, 0.3) is 0 Å². The molecule has 0 saturated carbocycles. The Morgan fingerprint density at radius 3 is 2.34 bits per heavy atom. The van der Waals surface area contributed by atoms with E-state index in [2.05, 4.69) is 5.32 Å². The monoisotopic (exact) mass is 484 g/mol. The molecule has 0 aromatic heterocycles. The molecule has 6 nitrogen and oxygen atoms in total. The molecule has 32 heavy (non-hydrogen) atoms. The van der Waals surface area contributed by atoms with E-state index in [9.17, 15) is 26.4 Å². The average Bonchev–Trinajstić information content (AvgIpc) is 2.73. The molecule has 3 rings (SSSR count). The Morgan fingerprint density at radius 2 is 1.69 bits per heavy atom. The van der Waals surface area contributed by atoms with Gasteiger partial charge in [-0.05, 0) is 48.5 Å². The number of methoxy groups -OCH3 is 1. The lowest BCUT2D eigenvalue weighted by atomic mass is 10.2. The number of carbonyl (C=O) groups is 1. The minimum absolute atomic E-state index is 0.00413. The lowest BCUT2D eigenvalue weighted by Crippen LogP contribution is -2.18. The van der Waals surface area contributed by atoms with Gasteiger partial charge in [-0.15, -0.1) is 0 Å². The zero-order valence-corrected chi connectivity index (χ0v) is 18.0. The second-order valence-corrected chi connectivity index (χ2v) is 8.59. The minimum Gasteiger partial charge on any atom is -0.495 e. The zero-order chi connectivity index (χ0) is 23.5. The van der Waals surface area contributed by atoms with E-state index >= 15 is 0 Å². The Balaban J connectivity index is 1.95. The molecule has 2 N–H and O–H groups in total. The Morgan fingerprint density at radius 1 is 0.969 bits per heavy atom. The van der Waals surface area contributed by atoms with Gasteiger partial charge in [0.15, 0.2) is 0 Å². The van der Waals surface area contributed by atoms with Crippen LogP contribution in [0.1, 0.15) is 15.9 Å². The van der Waals surface area contributed by atoms with Crippen molar-refractivity contribution < 1.29 is 31.1 Å². The van der Waals surface area contributed by atoms with Gasteiger partial charge in [0, 0.05) is 10.6 Å². The van der Waals surface area contributed by atoms with Crippen molar-refractivity contribution >= 4 is 38.9 Å². The maximum Gasteiger partial charge on any atom is 0.418 e. The van der Waals surface area contributed by atoms with Crippen molar-refractivity contribution in [2.75, 3.05) is 17.1 Å². The summed E-state index contributed by atoms with van der Waals surface area (Å²) in [5, 5.41) is 2.85. The highest BCUT2D eigenvalue weighted by atomic mass is 35.5. The normalized spacial score (nSPS) is 11.7. The first-order valence-electron chi connectivity index (χ1n) is 8.95. The first-order chi connectivity index (χ1) is 15.0. The summed E-state index contributed by atoms with van der Waals surface area (Å²) in [6.07, 6.45) is -4.75. The topological polar surface area (TPSA) is 84.5 Å². The van der Waals surface area contributed by atoms with Gasteiger partial charge in [-0.1, -0.05) is 29.8 Å². The summed E-state index contributed by atoms with van der Waals surface area (Å²) in [4.78, 5) is 12.1. The first-order valence-corrected chi connectivity index (χ1v) is 10.8. The number of sulfonamides is 1. The second-order valence-electron chi connectivity index (χ2n) is 6.48. The Kier molecular flexibility index (Phi) is 6.65. The second kappa shape index (κ2) is 9.09. The minimum atomic E-state index is -4.75. The number of nitrogens with one attached hydrogen (secondary N) is 2. The molecule has 0 unspecified atom stereocenters. The maximum absolute atomic E-state index is 13.2. The van der Waals surface area contributed by atoms with Gasteiger partial charge in [0.25, 0.3) is 15.9 Å². The van der Waals surface area contributed by atoms with Gasteiger partial charge in [0.1, 0.15) is 5.75 Å². The van der Waals surface area contributed by atoms with E-state index in [1.165, 1.54) is 31.4 Å². The summed E-state index contributed by atoms with van der Waals surface area (Å²) in [5.74, 6) is -0.439. The molecule has 11 heteroatoms. The van der Waals surface area contributed by atoms with Crippen LogP contribution in [0.5, 0.6) is 5.75 Å². The standard InChI is InChI=1S/C21H16ClF3N2O4S/c1-31-19-10-9-15(12-18(19)26-20(28)13-5-4-6-14(22)11-13)32(29,30)27-17-8-3-2-7-16(17)21(23,24)25/h2-12,27H,1H3,(H,26,28). The van der Waals surface area contributed by atoms with E-state index in [4.69, 9.17) is 16.3 Å². The third-order valence-electron chi connectivity index (χ3n) is 4.29. The predicted octanol–water partition coefficient (Wildman–Crippen LogP) is 5.42. The molecule has 3 aromatic rings. The Bertz CT molecular complexity index is 1260. The SMILES string of the molecule is COc1ccc(S(=O)(=O)Nc2ccccc2C(F)(F)F)cc1NC(=O)c1cccc(Cl)c1. The van der Waals surface area contributed by atoms with Gasteiger partial charge in [0.05, 0.1) is 28.9 Å². The van der Waals surface area contributed by atoms with Crippen molar-refractivity contribution in [2.45, 2.75) is 11.1 Å². The van der Waals surface area contributed by atoms with Crippen LogP contribution in [0.4, 0.5) is 24.5 Å². The summed E-state index contributed by atoms with van der Waals surface area (Å²) >= 11 is 5.88. The van der Waals surface area contributed by atoms with E-state index in [1.807, 2.05) is 4.72 Å². The molecular formula is C21H16ClF3N2O4S. The number of halogens is 4. The summed E-state index contributed by atoms with van der Waals surface area (Å²) in [5.41, 5.74) is -1.54. The van der Waals surface area contributed by atoms with Crippen LogP contribution in [-0.4, -0.2) is 21.4 Å². The number of hydrogen-bond acceptors (Lipinski definition) is 4. The van der Waals surface area contributed by atoms with Gasteiger partial charge in [-0.25, -0.2) is 8.42 Å². The Labute approximate surface area is 187 Å². The molecule has 1 amide bonds. The van der Waals surface area contributed by atoms with Crippen LogP contribution in [0, 0.1) is 0 Å². The summed E-state index contributed by atoms with van der Waals surface area (Å²) < 4.78 is 72.3. The molecule has 0 heterocycles. The van der Waals surface area contributed by atoms with Crippen LogP contribution in [-0.2, 0) is 16.2 Å². The number of amides is 1.